The number of nitriles is 1. The summed E-state index contributed by atoms with van der Waals surface area (Å²) in [4.78, 5) is 10.2. The normalized spacial score (nSPS) is 9.76. The number of nitrogens with zero attached hydrogens (tertiary/aromatic N) is 4. The maximum Gasteiger partial charge on any atom is 0.206 e. The van der Waals surface area contributed by atoms with Crippen molar-refractivity contribution < 1.29 is 4.74 Å². The molecule has 2 aromatic rings. The topological polar surface area (TPSA) is 100 Å². The molecule has 0 aliphatic heterocycles. The summed E-state index contributed by atoms with van der Waals surface area (Å²) in [6.07, 6.45) is 1.75. The standard InChI is InChI=1S/C14H16N6O/c1-21-12-13(19-16)17-10-18-14(12)20(9-5-8-15)11-6-3-2-4-7-11/h2-4,6-7,10H,5,9,16H2,1H3,(H,17,18,19). The lowest BCUT2D eigenvalue weighted by Gasteiger charge is -2.25. The maximum absolute atomic E-state index is 8.86. The van der Waals surface area contributed by atoms with Crippen LogP contribution in [0.3, 0.4) is 0 Å². The Kier molecular flexibility index (Phi) is 4.90. The first kappa shape index (κ1) is 14.6. The fourth-order valence-electron chi connectivity index (χ4n) is 1.97. The van der Waals surface area contributed by atoms with Crippen LogP contribution in [0.2, 0.25) is 0 Å². The highest BCUT2D eigenvalue weighted by Crippen LogP contribution is 2.35. The van der Waals surface area contributed by atoms with Crippen molar-refractivity contribution in [2.45, 2.75) is 6.42 Å². The first-order valence-electron chi connectivity index (χ1n) is 6.37. The van der Waals surface area contributed by atoms with Crippen LogP contribution in [0.4, 0.5) is 17.3 Å². The van der Waals surface area contributed by atoms with Crippen molar-refractivity contribution >= 4 is 17.3 Å². The van der Waals surface area contributed by atoms with Crippen molar-refractivity contribution in [2.24, 2.45) is 5.84 Å². The molecule has 0 atom stereocenters. The lowest BCUT2D eigenvalue weighted by atomic mass is 10.2. The van der Waals surface area contributed by atoms with Crippen LogP contribution in [0.1, 0.15) is 6.42 Å². The molecule has 0 fully saturated rings. The molecule has 0 saturated heterocycles. The van der Waals surface area contributed by atoms with E-state index in [0.717, 1.165) is 5.69 Å². The van der Waals surface area contributed by atoms with Crippen molar-refractivity contribution in [3.63, 3.8) is 0 Å². The quantitative estimate of drug-likeness (QED) is 0.616. The van der Waals surface area contributed by atoms with Gasteiger partial charge in [-0.2, -0.15) is 5.26 Å². The SMILES string of the molecule is COc1c(NN)ncnc1N(CCC#N)c1ccccc1. The highest BCUT2D eigenvalue weighted by Gasteiger charge is 2.19. The molecule has 1 aromatic heterocycles. The third-order valence-corrected chi connectivity index (χ3v) is 2.90. The molecular formula is C14H16N6O. The zero-order valence-corrected chi connectivity index (χ0v) is 11.7. The summed E-state index contributed by atoms with van der Waals surface area (Å²) in [5, 5.41) is 8.86. The molecule has 3 N–H and O–H groups in total. The van der Waals surface area contributed by atoms with Crippen molar-refractivity contribution in [3.05, 3.63) is 36.7 Å². The van der Waals surface area contributed by atoms with Crippen molar-refractivity contribution in [3.8, 4) is 11.8 Å². The molecule has 0 amide bonds. The summed E-state index contributed by atoms with van der Waals surface area (Å²) in [7, 11) is 1.52. The molecular weight excluding hydrogens is 268 g/mol. The smallest absolute Gasteiger partial charge is 0.206 e. The minimum absolute atomic E-state index is 0.355. The monoisotopic (exact) mass is 284 g/mol. The van der Waals surface area contributed by atoms with Crippen molar-refractivity contribution in [1.29, 1.82) is 5.26 Å². The van der Waals surface area contributed by atoms with Crippen molar-refractivity contribution in [1.82, 2.24) is 9.97 Å². The van der Waals surface area contributed by atoms with E-state index in [1.54, 1.807) is 0 Å². The molecule has 0 bridgehead atoms. The number of anilines is 3. The van der Waals surface area contributed by atoms with Gasteiger partial charge in [-0.1, -0.05) is 18.2 Å². The summed E-state index contributed by atoms with van der Waals surface area (Å²) >= 11 is 0. The van der Waals surface area contributed by atoms with Crippen LogP contribution < -0.4 is 20.9 Å². The molecule has 0 aliphatic rings. The number of para-hydroxylation sites is 1. The van der Waals surface area contributed by atoms with Gasteiger partial charge in [0.25, 0.3) is 0 Å². The number of aromatic nitrogens is 2. The van der Waals surface area contributed by atoms with E-state index in [-0.39, 0.29) is 0 Å². The number of benzene rings is 1. The van der Waals surface area contributed by atoms with Gasteiger partial charge in [-0.3, -0.25) is 0 Å². The number of nitrogens with one attached hydrogen (secondary N) is 1. The molecule has 0 radical (unpaired) electrons. The molecule has 0 aliphatic carbocycles. The molecule has 2 rings (SSSR count). The molecule has 1 heterocycles. The Morgan fingerprint density at radius 1 is 1.33 bits per heavy atom. The van der Waals surface area contributed by atoms with Gasteiger partial charge in [0, 0.05) is 12.2 Å². The number of nitrogens with two attached hydrogens (primary N) is 1. The Morgan fingerprint density at radius 3 is 2.71 bits per heavy atom. The van der Waals surface area contributed by atoms with Gasteiger partial charge in [-0.15, -0.1) is 0 Å². The van der Waals surface area contributed by atoms with Crippen LogP contribution in [0, 0.1) is 11.3 Å². The number of hydrazine groups is 1. The Labute approximate surface area is 123 Å². The Morgan fingerprint density at radius 2 is 2.10 bits per heavy atom. The van der Waals surface area contributed by atoms with Gasteiger partial charge in [0.15, 0.2) is 11.6 Å². The average molecular weight is 284 g/mol. The fourth-order valence-corrected chi connectivity index (χ4v) is 1.97. The zero-order chi connectivity index (χ0) is 15.1. The molecule has 21 heavy (non-hydrogen) atoms. The van der Waals surface area contributed by atoms with Crippen LogP contribution in [-0.4, -0.2) is 23.6 Å². The van der Waals surface area contributed by atoms with E-state index in [0.29, 0.717) is 30.4 Å². The van der Waals surface area contributed by atoms with Gasteiger partial charge < -0.3 is 15.1 Å². The molecule has 0 saturated carbocycles. The van der Waals surface area contributed by atoms with Crippen molar-refractivity contribution in [2.75, 3.05) is 24.0 Å². The molecule has 1 aromatic carbocycles. The van der Waals surface area contributed by atoms with Gasteiger partial charge >= 0.3 is 0 Å². The minimum atomic E-state index is 0.355. The molecule has 108 valence electrons. The third kappa shape index (κ3) is 3.19. The summed E-state index contributed by atoms with van der Waals surface area (Å²) in [6.45, 7) is 0.484. The van der Waals surface area contributed by atoms with Gasteiger partial charge in [0.05, 0.1) is 19.6 Å². The lowest BCUT2D eigenvalue weighted by molar-refractivity contribution is 0.413. The largest absolute Gasteiger partial charge is 0.490 e. The van der Waals surface area contributed by atoms with Gasteiger partial charge in [-0.05, 0) is 12.1 Å². The predicted octanol–water partition coefficient (Wildman–Crippen LogP) is 1.82. The second-order valence-electron chi connectivity index (χ2n) is 4.12. The number of hydrogen-bond donors (Lipinski definition) is 2. The van der Waals surface area contributed by atoms with Gasteiger partial charge in [0.2, 0.25) is 5.75 Å². The summed E-state index contributed by atoms with van der Waals surface area (Å²) in [5.41, 5.74) is 3.39. The van der Waals surface area contributed by atoms with Crippen LogP contribution in [-0.2, 0) is 0 Å². The number of nitrogen functional groups attached to an aromatic ring is 1. The first-order valence-corrected chi connectivity index (χ1v) is 6.37. The number of ether oxygens (including phenoxy) is 1. The summed E-state index contributed by atoms with van der Waals surface area (Å²) in [5.74, 6) is 6.82. The fraction of sp³-hybridized carbons (Fsp3) is 0.214. The average Bonchev–Trinajstić information content (AvgIpc) is 2.55. The van der Waals surface area contributed by atoms with E-state index < -0.39 is 0 Å². The minimum Gasteiger partial charge on any atom is -0.490 e. The van der Waals surface area contributed by atoms with Crippen LogP contribution in [0.5, 0.6) is 5.75 Å². The Bertz CT molecular complexity index is 625. The van der Waals surface area contributed by atoms with Gasteiger partial charge in [0.1, 0.15) is 6.33 Å². The van der Waals surface area contributed by atoms with E-state index in [1.165, 1.54) is 13.4 Å². The van der Waals surface area contributed by atoms with Crippen LogP contribution in [0.15, 0.2) is 36.7 Å². The predicted molar refractivity (Wildman–Crippen MR) is 80.1 cm³/mol. The van der Waals surface area contributed by atoms with E-state index in [9.17, 15) is 0 Å². The lowest BCUT2D eigenvalue weighted by Crippen LogP contribution is -2.21. The maximum atomic E-state index is 8.86. The van der Waals surface area contributed by atoms with E-state index in [2.05, 4.69) is 21.5 Å². The second kappa shape index (κ2) is 7.07. The summed E-state index contributed by atoms with van der Waals surface area (Å²) in [6, 6.07) is 11.8. The second-order valence-corrected chi connectivity index (χ2v) is 4.12. The van der Waals surface area contributed by atoms with Crippen LogP contribution in [0.25, 0.3) is 0 Å². The Balaban J connectivity index is 2.49. The zero-order valence-electron chi connectivity index (χ0n) is 11.7. The summed E-state index contributed by atoms with van der Waals surface area (Å²) < 4.78 is 5.36. The third-order valence-electron chi connectivity index (χ3n) is 2.90. The van der Waals surface area contributed by atoms with E-state index >= 15 is 0 Å². The van der Waals surface area contributed by atoms with Crippen LogP contribution >= 0.6 is 0 Å². The number of rotatable bonds is 6. The Hall–Kier alpha value is -2.85. The first-order chi connectivity index (χ1) is 10.3. The number of hydrogen-bond acceptors (Lipinski definition) is 7. The molecule has 0 unspecified atom stereocenters. The highest BCUT2D eigenvalue weighted by molar-refractivity contribution is 5.71. The van der Waals surface area contributed by atoms with E-state index in [1.807, 2.05) is 35.2 Å². The van der Waals surface area contributed by atoms with Gasteiger partial charge in [-0.25, -0.2) is 15.8 Å². The highest BCUT2D eigenvalue weighted by atomic mass is 16.5. The molecule has 7 nitrogen and oxygen atoms in total. The van der Waals surface area contributed by atoms with E-state index in [4.69, 9.17) is 15.8 Å². The molecule has 7 heteroatoms. The number of methoxy groups -OCH3 is 1. The molecule has 0 spiro atoms.